The molecule has 27 heavy (non-hydrogen) atoms. The van der Waals surface area contributed by atoms with E-state index in [-0.39, 0.29) is 11.9 Å². The first-order chi connectivity index (χ1) is 13.0. The number of hydrogen-bond donors (Lipinski definition) is 3. The van der Waals surface area contributed by atoms with Crippen LogP contribution in [0.4, 0.5) is 10.2 Å². The zero-order valence-corrected chi connectivity index (χ0v) is 14.8. The summed E-state index contributed by atoms with van der Waals surface area (Å²) < 4.78 is 14.6. The zero-order valence-electron chi connectivity index (χ0n) is 14.8. The van der Waals surface area contributed by atoms with Crippen molar-refractivity contribution in [3.8, 4) is 5.69 Å². The minimum Gasteiger partial charge on any atom is -0.324 e. The lowest BCUT2D eigenvalue weighted by Crippen LogP contribution is -3.12. The lowest BCUT2D eigenvalue weighted by molar-refractivity contribution is -0.941. The second kappa shape index (κ2) is 6.85. The van der Waals surface area contributed by atoms with Crippen LogP contribution in [0.2, 0.25) is 0 Å². The number of nitrogens with zero attached hydrogens (tertiary/aromatic N) is 1. The lowest BCUT2D eigenvalue weighted by Gasteiger charge is -2.32. The molecule has 0 saturated heterocycles. The number of aromatic amines is 1. The molecular formula is C20H20FN4O2+. The summed E-state index contributed by atoms with van der Waals surface area (Å²) in [5.74, 6) is 0.0877. The summed E-state index contributed by atoms with van der Waals surface area (Å²) in [5, 5.41) is 3.24. The van der Waals surface area contributed by atoms with Crippen LogP contribution in [0.25, 0.3) is 5.69 Å². The summed E-state index contributed by atoms with van der Waals surface area (Å²) in [4.78, 5) is 28.4. The normalized spacial score (nSPS) is 17.0. The van der Waals surface area contributed by atoms with Crippen LogP contribution in [0.15, 0.2) is 64.2 Å². The zero-order chi connectivity index (χ0) is 19.0. The average Bonchev–Trinajstić information content (AvgIpc) is 2.69. The van der Waals surface area contributed by atoms with Crippen LogP contribution in [0.5, 0.6) is 0 Å². The fourth-order valence-corrected chi connectivity index (χ4v) is 3.53. The third kappa shape index (κ3) is 3.17. The first kappa shape index (κ1) is 17.2. The Balaban J connectivity index is 1.74. The second-order valence-electron chi connectivity index (χ2n) is 6.72. The molecule has 0 aliphatic carbocycles. The van der Waals surface area contributed by atoms with Gasteiger partial charge in [0.15, 0.2) is 6.67 Å². The average molecular weight is 367 g/mol. The summed E-state index contributed by atoms with van der Waals surface area (Å²) in [6, 6.07) is 15.9. The molecule has 2 heterocycles. The van der Waals surface area contributed by atoms with Crippen molar-refractivity contribution in [3.63, 3.8) is 0 Å². The molecule has 6 nitrogen and oxygen atoms in total. The second-order valence-corrected chi connectivity index (χ2v) is 6.72. The van der Waals surface area contributed by atoms with E-state index in [1.54, 1.807) is 0 Å². The highest BCUT2D eigenvalue weighted by molar-refractivity contribution is 5.50. The van der Waals surface area contributed by atoms with Gasteiger partial charge in [0.25, 0.3) is 5.56 Å². The van der Waals surface area contributed by atoms with Crippen molar-refractivity contribution >= 4 is 5.82 Å². The van der Waals surface area contributed by atoms with Gasteiger partial charge in [-0.3, -0.25) is 9.78 Å². The van der Waals surface area contributed by atoms with Crippen LogP contribution in [-0.4, -0.2) is 16.2 Å². The maximum atomic E-state index is 13.2. The number of nitrogens with one attached hydrogen (secondary N) is 3. The number of fused-ring (bicyclic) bond motifs is 1. The molecule has 7 heteroatoms. The number of anilines is 1. The van der Waals surface area contributed by atoms with E-state index in [1.165, 1.54) is 39.3 Å². The van der Waals surface area contributed by atoms with Crippen molar-refractivity contribution in [1.29, 1.82) is 0 Å². The summed E-state index contributed by atoms with van der Waals surface area (Å²) in [6.07, 6.45) is 0. The Morgan fingerprint density at radius 2 is 1.78 bits per heavy atom. The molecule has 2 aromatic carbocycles. The number of hydrogen-bond acceptors (Lipinski definition) is 3. The molecule has 1 aliphatic heterocycles. The lowest BCUT2D eigenvalue weighted by atomic mass is 10.1. The van der Waals surface area contributed by atoms with Gasteiger partial charge in [0.1, 0.15) is 29.8 Å². The number of halogens is 1. The molecule has 0 radical (unpaired) electrons. The fourth-order valence-electron chi connectivity index (χ4n) is 3.53. The van der Waals surface area contributed by atoms with Crippen LogP contribution >= 0.6 is 0 Å². The van der Waals surface area contributed by atoms with Gasteiger partial charge in [-0.1, -0.05) is 30.3 Å². The van der Waals surface area contributed by atoms with Crippen molar-refractivity contribution in [2.24, 2.45) is 0 Å². The van der Waals surface area contributed by atoms with E-state index in [2.05, 4.69) is 29.4 Å². The van der Waals surface area contributed by atoms with E-state index in [0.717, 1.165) is 0 Å². The van der Waals surface area contributed by atoms with E-state index in [0.29, 0.717) is 30.3 Å². The maximum Gasteiger partial charge on any atom is 0.334 e. The van der Waals surface area contributed by atoms with Crippen molar-refractivity contribution in [3.05, 3.63) is 92.4 Å². The largest absolute Gasteiger partial charge is 0.334 e. The van der Waals surface area contributed by atoms with Gasteiger partial charge >= 0.3 is 5.69 Å². The number of rotatable bonds is 3. The van der Waals surface area contributed by atoms with Crippen LogP contribution in [0.3, 0.4) is 0 Å². The van der Waals surface area contributed by atoms with Crippen LogP contribution in [-0.2, 0) is 6.54 Å². The molecule has 1 aliphatic rings. The van der Waals surface area contributed by atoms with Crippen molar-refractivity contribution in [2.75, 3.05) is 12.0 Å². The minimum absolute atomic E-state index is 0.178. The SMILES string of the molecule is C[C@H](c1ccccc1)[NH+]1CNc2c(c(=O)[nH]c(=O)n2-c2ccc(F)cc2)C1. The first-order valence-corrected chi connectivity index (χ1v) is 8.82. The number of aromatic nitrogens is 2. The number of benzene rings is 2. The molecule has 0 saturated carbocycles. The summed E-state index contributed by atoms with van der Waals surface area (Å²) >= 11 is 0. The molecular weight excluding hydrogens is 347 g/mol. The molecule has 1 unspecified atom stereocenters. The Morgan fingerprint density at radius 1 is 1.07 bits per heavy atom. The van der Waals surface area contributed by atoms with Crippen LogP contribution in [0.1, 0.15) is 24.1 Å². The molecule has 1 aromatic heterocycles. The monoisotopic (exact) mass is 367 g/mol. The smallest absolute Gasteiger partial charge is 0.324 e. The van der Waals surface area contributed by atoms with Crippen LogP contribution in [0, 0.1) is 5.82 Å². The Labute approximate surface area is 154 Å². The van der Waals surface area contributed by atoms with Gasteiger partial charge < -0.3 is 10.2 Å². The van der Waals surface area contributed by atoms with Gasteiger partial charge in [-0.05, 0) is 31.2 Å². The molecule has 3 aromatic rings. The van der Waals surface area contributed by atoms with Gasteiger partial charge in [0, 0.05) is 5.56 Å². The molecule has 2 atom stereocenters. The Morgan fingerprint density at radius 3 is 2.48 bits per heavy atom. The molecule has 0 fully saturated rings. The fraction of sp³-hybridized carbons (Fsp3) is 0.200. The predicted octanol–water partition coefficient (Wildman–Crippen LogP) is 1.19. The standard InChI is InChI=1S/C20H19FN4O2/c1-13(14-5-3-2-4-6-14)24-11-17-18(22-12-24)25(20(27)23-19(17)26)16-9-7-15(21)8-10-16/h2-10,13,22H,11-12H2,1H3,(H,23,26,27)/p+1/t13-/m1/s1. The van der Waals surface area contributed by atoms with E-state index < -0.39 is 11.2 Å². The molecule has 4 rings (SSSR count). The van der Waals surface area contributed by atoms with Crippen molar-refractivity contribution in [2.45, 2.75) is 19.5 Å². The van der Waals surface area contributed by atoms with Crippen molar-refractivity contribution < 1.29 is 9.29 Å². The van der Waals surface area contributed by atoms with Gasteiger partial charge in [-0.2, -0.15) is 0 Å². The summed E-state index contributed by atoms with van der Waals surface area (Å²) in [7, 11) is 0. The van der Waals surface area contributed by atoms with Gasteiger partial charge in [-0.15, -0.1) is 0 Å². The highest BCUT2D eigenvalue weighted by Gasteiger charge is 2.29. The maximum absolute atomic E-state index is 13.2. The summed E-state index contributed by atoms with van der Waals surface area (Å²) in [5.41, 5.74) is 1.26. The van der Waals surface area contributed by atoms with E-state index in [4.69, 9.17) is 0 Å². The number of H-pyrrole nitrogens is 1. The minimum atomic E-state index is -0.544. The highest BCUT2D eigenvalue weighted by Crippen LogP contribution is 2.18. The van der Waals surface area contributed by atoms with Crippen LogP contribution < -0.4 is 21.5 Å². The first-order valence-electron chi connectivity index (χ1n) is 8.82. The van der Waals surface area contributed by atoms with Gasteiger partial charge in [0.2, 0.25) is 0 Å². The highest BCUT2D eigenvalue weighted by atomic mass is 19.1. The molecule has 0 spiro atoms. The van der Waals surface area contributed by atoms with E-state index in [9.17, 15) is 14.0 Å². The quantitative estimate of drug-likeness (QED) is 0.651. The van der Waals surface area contributed by atoms with Gasteiger partial charge in [-0.25, -0.2) is 13.8 Å². The Bertz CT molecular complexity index is 1070. The predicted molar refractivity (Wildman–Crippen MR) is 101 cm³/mol. The molecule has 3 N–H and O–H groups in total. The van der Waals surface area contributed by atoms with E-state index >= 15 is 0 Å². The Hall–Kier alpha value is -3.19. The number of quaternary nitrogens is 1. The summed E-state index contributed by atoms with van der Waals surface area (Å²) in [6.45, 7) is 3.16. The van der Waals surface area contributed by atoms with E-state index in [1.807, 2.05) is 18.2 Å². The topological polar surface area (TPSA) is 71.3 Å². The third-order valence-electron chi connectivity index (χ3n) is 5.09. The third-order valence-corrected chi connectivity index (χ3v) is 5.09. The molecule has 0 bridgehead atoms. The molecule has 138 valence electrons. The van der Waals surface area contributed by atoms with Crippen molar-refractivity contribution in [1.82, 2.24) is 9.55 Å². The molecule has 0 amide bonds. The Kier molecular flexibility index (Phi) is 4.37. The van der Waals surface area contributed by atoms with Gasteiger partial charge in [0.05, 0.1) is 5.69 Å².